The van der Waals surface area contributed by atoms with Crippen molar-refractivity contribution in [1.82, 2.24) is 5.32 Å². The number of nitrogens with one attached hydrogen (secondary N) is 1. The van der Waals surface area contributed by atoms with Crippen LogP contribution in [0.4, 0.5) is 5.69 Å². The van der Waals surface area contributed by atoms with Crippen LogP contribution in [0.1, 0.15) is 29.6 Å². The first-order valence-corrected chi connectivity index (χ1v) is 6.25. The second-order valence-electron chi connectivity index (χ2n) is 4.85. The minimum absolute atomic E-state index is 0.116. The van der Waals surface area contributed by atoms with Gasteiger partial charge in [0.1, 0.15) is 6.04 Å². The van der Waals surface area contributed by atoms with Crippen LogP contribution in [0, 0.1) is 16.0 Å². The van der Waals surface area contributed by atoms with Gasteiger partial charge in [-0.25, -0.2) is 4.79 Å². The zero-order chi connectivity index (χ0) is 14.7. The second kappa shape index (κ2) is 5.68. The normalized spacial score (nSPS) is 15.4. The topological polar surface area (TPSA) is 110 Å². The van der Waals surface area contributed by atoms with Gasteiger partial charge in [-0.15, -0.1) is 0 Å². The number of carbonyl (C=O) groups is 2. The number of benzene rings is 1. The molecular formula is C13H14N2O5. The summed E-state index contributed by atoms with van der Waals surface area (Å²) in [5.41, 5.74) is 0.0898. The van der Waals surface area contributed by atoms with Crippen LogP contribution in [0.2, 0.25) is 0 Å². The van der Waals surface area contributed by atoms with Crippen molar-refractivity contribution in [3.63, 3.8) is 0 Å². The van der Waals surface area contributed by atoms with E-state index in [4.69, 9.17) is 5.11 Å². The van der Waals surface area contributed by atoms with E-state index >= 15 is 0 Å². The lowest BCUT2D eigenvalue weighted by Crippen LogP contribution is -2.41. The molecule has 2 rings (SSSR count). The number of aliphatic carboxylic acids is 1. The first-order valence-electron chi connectivity index (χ1n) is 6.25. The Balaban J connectivity index is 2.01. The summed E-state index contributed by atoms with van der Waals surface area (Å²) in [6.07, 6.45) is 2.42. The highest BCUT2D eigenvalue weighted by molar-refractivity contribution is 5.96. The number of nitro benzene ring substituents is 1. The van der Waals surface area contributed by atoms with Crippen LogP contribution in [0.5, 0.6) is 0 Å². The summed E-state index contributed by atoms with van der Waals surface area (Å²) in [6.45, 7) is 0. The zero-order valence-electron chi connectivity index (χ0n) is 10.6. The summed E-state index contributed by atoms with van der Waals surface area (Å²) in [6, 6.07) is 4.13. The third-order valence-electron chi connectivity index (χ3n) is 3.21. The van der Waals surface area contributed by atoms with Gasteiger partial charge in [0.25, 0.3) is 11.6 Å². The SMILES string of the molecule is O=C(NC(CC1CC1)C(=O)O)c1ccc([N+](=O)[O-])cc1. The minimum atomic E-state index is -1.06. The van der Waals surface area contributed by atoms with E-state index in [-0.39, 0.29) is 11.3 Å². The summed E-state index contributed by atoms with van der Waals surface area (Å²) >= 11 is 0. The number of non-ortho nitro benzene ring substituents is 1. The van der Waals surface area contributed by atoms with Crippen LogP contribution in [0.15, 0.2) is 24.3 Å². The maximum Gasteiger partial charge on any atom is 0.326 e. The maximum absolute atomic E-state index is 11.9. The number of carboxylic acid groups (broad SMARTS) is 1. The van der Waals surface area contributed by atoms with E-state index < -0.39 is 22.8 Å². The molecule has 0 aliphatic heterocycles. The number of hydrogen-bond acceptors (Lipinski definition) is 4. The number of nitrogens with zero attached hydrogens (tertiary/aromatic N) is 1. The van der Waals surface area contributed by atoms with Gasteiger partial charge >= 0.3 is 5.97 Å². The Labute approximate surface area is 114 Å². The molecule has 2 N–H and O–H groups in total. The third-order valence-corrected chi connectivity index (χ3v) is 3.21. The van der Waals surface area contributed by atoms with Gasteiger partial charge in [-0.2, -0.15) is 0 Å². The van der Waals surface area contributed by atoms with E-state index in [0.717, 1.165) is 12.8 Å². The summed E-state index contributed by atoms with van der Waals surface area (Å²) < 4.78 is 0. The predicted molar refractivity (Wildman–Crippen MR) is 69.3 cm³/mol. The number of amides is 1. The largest absolute Gasteiger partial charge is 0.480 e. The molecule has 1 unspecified atom stereocenters. The fourth-order valence-electron chi connectivity index (χ4n) is 1.88. The molecule has 0 aromatic heterocycles. The van der Waals surface area contributed by atoms with Gasteiger partial charge in [-0.05, 0) is 24.5 Å². The molecule has 1 saturated carbocycles. The van der Waals surface area contributed by atoms with Crippen LogP contribution in [0.25, 0.3) is 0 Å². The van der Waals surface area contributed by atoms with Crippen molar-refractivity contribution in [2.45, 2.75) is 25.3 Å². The standard InChI is InChI=1S/C13H14N2O5/c16-12(9-3-5-10(6-4-9)15(19)20)14-11(13(17)18)7-8-1-2-8/h3-6,8,11H,1-2,7H2,(H,14,16)(H,17,18). The summed E-state index contributed by atoms with van der Waals surface area (Å²) in [4.78, 5) is 32.9. The Hall–Kier alpha value is -2.44. The van der Waals surface area contributed by atoms with Gasteiger partial charge < -0.3 is 10.4 Å². The summed E-state index contributed by atoms with van der Waals surface area (Å²) in [5, 5.41) is 22.0. The molecule has 1 aliphatic rings. The Morgan fingerprint density at radius 2 is 1.95 bits per heavy atom. The fraction of sp³-hybridized carbons (Fsp3) is 0.385. The van der Waals surface area contributed by atoms with Gasteiger partial charge in [-0.3, -0.25) is 14.9 Å². The quantitative estimate of drug-likeness (QED) is 0.606. The molecule has 7 heteroatoms. The molecule has 1 atom stereocenters. The van der Waals surface area contributed by atoms with Crippen molar-refractivity contribution >= 4 is 17.6 Å². The van der Waals surface area contributed by atoms with Crippen molar-refractivity contribution in [2.24, 2.45) is 5.92 Å². The van der Waals surface area contributed by atoms with Crippen molar-refractivity contribution < 1.29 is 19.6 Å². The molecule has 20 heavy (non-hydrogen) atoms. The minimum Gasteiger partial charge on any atom is -0.480 e. The van der Waals surface area contributed by atoms with E-state index in [1.54, 1.807) is 0 Å². The van der Waals surface area contributed by atoms with E-state index in [2.05, 4.69) is 5.32 Å². The molecule has 0 saturated heterocycles. The van der Waals surface area contributed by atoms with Crippen LogP contribution >= 0.6 is 0 Å². The number of rotatable bonds is 6. The Morgan fingerprint density at radius 1 is 1.35 bits per heavy atom. The maximum atomic E-state index is 11.9. The van der Waals surface area contributed by atoms with Gasteiger partial charge in [0.05, 0.1) is 4.92 Å². The van der Waals surface area contributed by atoms with Gasteiger partial charge in [0, 0.05) is 17.7 Å². The van der Waals surface area contributed by atoms with E-state index in [1.165, 1.54) is 24.3 Å². The summed E-state index contributed by atoms with van der Waals surface area (Å²) in [5.74, 6) is -1.23. The average Bonchev–Trinajstić information content (AvgIpc) is 3.21. The lowest BCUT2D eigenvalue weighted by Gasteiger charge is -2.13. The van der Waals surface area contributed by atoms with E-state index in [1.807, 2.05) is 0 Å². The van der Waals surface area contributed by atoms with Crippen LogP contribution in [-0.2, 0) is 4.79 Å². The molecule has 106 valence electrons. The van der Waals surface area contributed by atoms with Crippen molar-refractivity contribution in [2.75, 3.05) is 0 Å². The number of hydrogen-bond donors (Lipinski definition) is 2. The molecule has 1 aliphatic carbocycles. The Morgan fingerprint density at radius 3 is 2.40 bits per heavy atom. The predicted octanol–water partition coefficient (Wildman–Crippen LogP) is 1.58. The molecule has 1 fully saturated rings. The van der Waals surface area contributed by atoms with Crippen molar-refractivity contribution in [1.29, 1.82) is 0 Å². The first kappa shape index (κ1) is 14.0. The van der Waals surface area contributed by atoms with E-state index in [0.29, 0.717) is 12.3 Å². The molecule has 1 aromatic rings. The molecular weight excluding hydrogens is 264 g/mol. The van der Waals surface area contributed by atoms with Crippen LogP contribution in [-0.4, -0.2) is 27.9 Å². The molecule has 1 amide bonds. The van der Waals surface area contributed by atoms with E-state index in [9.17, 15) is 19.7 Å². The third kappa shape index (κ3) is 3.53. The second-order valence-corrected chi connectivity index (χ2v) is 4.85. The highest BCUT2D eigenvalue weighted by Gasteiger charge is 2.30. The van der Waals surface area contributed by atoms with Crippen molar-refractivity contribution in [3.05, 3.63) is 39.9 Å². The van der Waals surface area contributed by atoms with Gasteiger partial charge in [0.2, 0.25) is 0 Å². The zero-order valence-corrected chi connectivity index (χ0v) is 10.6. The monoisotopic (exact) mass is 278 g/mol. The Bertz CT molecular complexity index is 536. The van der Waals surface area contributed by atoms with Gasteiger partial charge in [-0.1, -0.05) is 12.8 Å². The van der Waals surface area contributed by atoms with Crippen LogP contribution < -0.4 is 5.32 Å². The first-order chi connectivity index (χ1) is 9.47. The summed E-state index contributed by atoms with van der Waals surface area (Å²) in [7, 11) is 0. The molecule has 1 aromatic carbocycles. The highest BCUT2D eigenvalue weighted by atomic mass is 16.6. The number of nitro groups is 1. The van der Waals surface area contributed by atoms with Crippen LogP contribution in [0.3, 0.4) is 0 Å². The molecule has 7 nitrogen and oxygen atoms in total. The van der Waals surface area contributed by atoms with Crippen molar-refractivity contribution in [3.8, 4) is 0 Å². The molecule has 0 spiro atoms. The lowest BCUT2D eigenvalue weighted by molar-refractivity contribution is -0.384. The highest BCUT2D eigenvalue weighted by Crippen LogP contribution is 2.33. The Kier molecular flexibility index (Phi) is 3.97. The molecule has 0 bridgehead atoms. The number of carboxylic acids is 1. The smallest absolute Gasteiger partial charge is 0.326 e. The number of carbonyl (C=O) groups excluding carboxylic acids is 1. The molecule has 0 heterocycles. The average molecular weight is 278 g/mol. The molecule has 0 radical (unpaired) electrons. The van der Waals surface area contributed by atoms with Gasteiger partial charge in [0.15, 0.2) is 0 Å². The lowest BCUT2D eigenvalue weighted by atomic mass is 10.1. The fourth-order valence-corrected chi connectivity index (χ4v) is 1.88.